The minimum Gasteiger partial charge on any atom is -0.299 e. The van der Waals surface area contributed by atoms with Crippen molar-refractivity contribution in [2.75, 3.05) is 0 Å². The van der Waals surface area contributed by atoms with Gasteiger partial charge in [0.2, 0.25) is 22.8 Å². The third-order valence-corrected chi connectivity index (χ3v) is 17.6. The predicted molar refractivity (Wildman–Crippen MR) is 365 cm³/mol. The first-order chi connectivity index (χ1) is 44.6. The van der Waals surface area contributed by atoms with Gasteiger partial charge in [-0.2, -0.15) is 18.3 Å². The number of hydrogen-bond acceptors (Lipinski definition) is 4. The Morgan fingerprint density at radius 3 is 0.900 bits per heavy atom. The maximum absolute atomic E-state index is 7.58. The maximum Gasteiger partial charge on any atom is 0.214 e. The van der Waals surface area contributed by atoms with E-state index in [2.05, 4.69) is 222 Å². The standard InChI is InChI=1S/2C20H20N3.2C19H18N3/c2*1-13-9-14(2)15(3)16(10-13)18-11-19-17(12-22(18)4)21-20-7-5-6-8-23(19)20;2*1-13-7-8-15(14(2)10-13)17-11-18-16(12-21(17)3)20-19-6-4-5-9-22(18)19/h2*5-12H,1-4H3;2*4-12H,1-3H3/q4*+1/i;;1D3;. The van der Waals surface area contributed by atoms with Crippen LogP contribution in [0.2, 0.25) is 0 Å². The van der Waals surface area contributed by atoms with Crippen LogP contribution in [0, 0.1) is 69.2 Å². The van der Waals surface area contributed by atoms with Crippen molar-refractivity contribution >= 4 is 66.7 Å². The summed E-state index contributed by atoms with van der Waals surface area (Å²) in [5, 5.41) is 0. The van der Waals surface area contributed by atoms with Gasteiger partial charge in [-0.3, -0.25) is 17.6 Å². The zero-order chi connectivity index (χ0) is 65.3. The molecule has 0 bridgehead atoms. The van der Waals surface area contributed by atoms with Gasteiger partial charge in [0.25, 0.3) is 0 Å². The molecule has 0 N–H and O–H groups in total. The van der Waals surface area contributed by atoms with E-state index in [1.54, 1.807) is 12.1 Å². The lowest BCUT2D eigenvalue weighted by Crippen LogP contribution is -2.30. The Morgan fingerprint density at radius 1 is 0.300 bits per heavy atom. The topological polar surface area (TPSA) is 84.7 Å². The first-order valence-electron chi connectivity index (χ1n) is 32.0. The fourth-order valence-corrected chi connectivity index (χ4v) is 12.8. The normalized spacial score (nSPS) is 12.1. The molecule has 0 fully saturated rings. The van der Waals surface area contributed by atoms with E-state index in [9.17, 15) is 0 Å². The largest absolute Gasteiger partial charge is 0.299 e. The lowest BCUT2D eigenvalue weighted by atomic mass is 9.97. The van der Waals surface area contributed by atoms with Crippen molar-refractivity contribution in [1.29, 1.82) is 0 Å². The number of nitrogens with zero attached hydrogens (tertiary/aromatic N) is 12. The van der Waals surface area contributed by atoms with Crippen molar-refractivity contribution < 1.29 is 22.4 Å². The molecule has 0 amide bonds. The van der Waals surface area contributed by atoms with E-state index in [1.807, 2.05) is 110 Å². The minimum absolute atomic E-state index is 0.368. The van der Waals surface area contributed by atoms with Crippen LogP contribution in [0.3, 0.4) is 0 Å². The second-order valence-electron chi connectivity index (χ2n) is 24.2. The summed E-state index contributed by atoms with van der Waals surface area (Å²) in [5.41, 5.74) is 33.6. The smallest absolute Gasteiger partial charge is 0.214 e. The fraction of sp³-hybridized carbons (Fsp3) is 0.179. The van der Waals surface area contributed by atoms with Crippen LogP contribution in [0.25, 0.3) is 112 Å². The predicted octanol–water partition coefficient (Wildman–Crippen LogP) is 15.0. The van der Waals surface area contributed by atoms with Gasteiger partial charge in [0, 0.05) is 75.4 Å². The van der Waals surface area contributed by atoms with Gasteiger partial charge in [-0.25, -0.2) is 19.9 Å². The number of rotatable bonds is 4. The molecule has 0 aliphatic heterocycles. The van der Waals surface area contributed by atoms with E-state index in [-0.39, 0.29) is 0 Å². The number of benzene rings is 4. The maximum atomic E-state index is 7.58. The summed E-state index contributed by atoms with van der Waals surface area (Å²) in [6.07, 6.45) is 16.6. The van der Waals surface area contributed by atoms with E-state index < -0.39 is 6.85 Å². The summed E-state index contributed by atoms with van der Waals surface area (Å²) in [4.78, 5) is 18.8. The van der Waals surface area contributed by atoms with Crippen molar-refractivity contribution in [3.63, 3.8) is 0 Å². The minimum atomic E-state index is -2.09. The molecule has 0 aliphatic carbocycles. The molecule has 16 aromatic rings. The Morgan fingerprint density at radius 2 is 0.589 bits per heavy atom. The van der Waals surface area contributed by atoms with Crippen molar-refractivity contribution in [2.45, 2.75) is 69.2 Å². The monoisotopic (exact) mass is 1180 g/mol. The molecule has 16 rings (SSSR count). The molecular weight excluding hydrogens is 1100 g/mol. The van der Waals surface area contributed by atoms with Gasteiger partial charge in [-0.1, -0.05) is 82.9 Å². The molecule has 0 unspecified atom stereocenters. The summed E-state index contributed by atoms with van der Waals surface area (Å²) in [6, 6.07) is 54.0. The molecule has 12 heteroatoms. The Bertz CT molecular complexity index is 5460. The van der Waals surface area contributed by atoms with Crippen LogP contribution >= 0.6 is 0 Å². The van der Waals surface area contributed by atoms with E-state index in [0.717, 1.165) is 83.5 Å². The lowest BCUT2D eigenvalue weighted by Gasteiger charge is -2.09. The zero-order valence-corrected chi connectivity index (χ0v) is 53.5. The number of imidazole rings is 4. The molecule has 12 heterocycles. The highest BCUT2D eigenvalue weighted by Gasteiger charge is 2.22. The van der Waals surface area contributed by atoms with E-state index in [1.165, 1.54) is 78.3 Å². The number of fused-ring (bicyclic) bond motifs is 12. The fourth-order valence-electron chi connectivity index (χ4n) is 12.8. The molecule has 12 aromatic heterocycles. The van der Waals surface area contributed by atoms with Crippen LogP contribution in [-0.2, 0) is 28.2 Å². The highest BCUT2D eigenvalue weighted by atomic mass is 15.1. The molecule has 0 aliphatic rings. The second kappa shape index (κ2) is 23.4. The first-order valence-corrected chi connectivity index (χ1v) is 30.5. The van der Waals surface area contributed by atoms with Gasteiger partial charge in [-0.05, 0) is 175 Å². The van der Waals surface area contributed by atoms with Gasteiger partial charge < -0.3 is 0 Å². The van der Waals surface area contributed by atoms with Crippen LogP contribution in [0.4, 0.5) is 0 Å². The third-order valence-electron chi connectivity index (χ3n) is 17.6. The molecule has 444 valence electrons. The molecule has 12 nitrogen and oxygen atoms in total. The summed E-state index contributed by atoms with van der Waals surface area (Å²) in [7, 11) is 8.25. The Balaban J connectivity index is 0.000000113. The van der Waals surface area contributed by atoms with Crippen LogP contribution in [0.1, 0.15) is 59.7 Å². The van der Waals surface area contributed by atoms with Gasteiger partial charge in [0.05, 0.1) is 22.1 Å². The molecule has 90 heavy (non-hydrogen) atoms. The van der Waals surface area contributed by atoms with Gasteiger partial charge in [0.1, 0.15) is 50.8 Å². The van der Waals surface area contributed by atoms with Crippen LogP contribution in [0.5, 0.6) is 0 Å². The van der Waals surface area contributed by atoms with Crippen LogP contribution in [0.15, 0.2) is 207 Å². The summed E-state index contributed by atoms with van der Waals surface area (Å²) < 4.78 is 39.8. The zero-order valence-electron chi connectivity index (χ0n) is 56.5. The average molecular weight is 1180 g/mol. The van der Waals surface area contributed by atoms with E-state index in [0.29, 0.717) is 5.56 Å². The number of aromatic nitrogens is 12. The molecule has 4 aromatic carbocycles. The SMILES string of the molecule is Cc1cc(C)c(C)c(-c2cc3c(c[n+]2C)nc2ccccn23)c1.Cc1cc(C)c(C)c(-c2cc3c(c[n+]2C)nc2ccccn23)c1.Cc1ccc(-c2cc3c(c[n+]2C)nc2ccccn23)c(C)c1.[2H]C([2H])([2H])c1ccc(-c2cc3c(c[n+]2C)nc2ccccn23)c(C)c1. The van der Waals surface area contributed by atoms with Crippen LogP contribution < -0.4 is 18.3 Å². The van der Waals surface area contributed by atoms with Gasteiger partial charge in [-0.15, -0.1) is 0 Å². The van der Waals surface area contributed by atoms with Crippen LogP contribution in [-0.4, -0.2) is 37.5 Å². The van der Waals surface area contributed by atoms with Gasteiger partial charge in [0.15, 0.2) is 46.9 Å². The lowest BCUT2D eigenvalue weighted by molar-refractivity contribution is -0.659. The van der Waals surface area contributed by atoms with Crippen molar-refractivity contribution in [1.82, 2.24) is 37.5 Å². The first kappa shape index (κ1) is 54.7. The van der Waals surface area contributed by atoms with Gasteiger partial charge >= 0.3 is 0 Å². The molecular formula is C78H76N12+4. The van der Waals surface area contributed by atoms with E-state index in [4.69, 9.17) is 14.1 Å². The highest BCUT2D eigenvalue weighted by Crippen LogP contribution is 2.31. The van der Waals surface area contributed by atoms with Crippen molar-refractivity contribution in [3.05, 3.63) is 263 Å². The van der Waals surface area contributed by atoms with Crippen molar-refractivity contribution in [2.24, 2.45) is 28.2 Å². The molecule has 0 saturated heterocycles. The Hall–Kier alpha value is -10.7. The summed E-state index contributed by atoms with van der Waals surface area (Å²) >= 11 is 0. The Labute approximate surface area is 529 Å². The highest BCUT2D eigenvalue weighted by molar-refractivity contribution is 5.86. The van der Waals surface area contributed by atoms with E-state index >= 15 is 0 Å². The third kappa shape index (κ3) is 10.9. The molecule has 0 saturated carbocycles. The number of aryl methyl sites for hydroxylation is 12. The quantitative estimate of drug-likeness (QED) is 0.164. The van der Waals surface area contributed by atoms with Crippen molar-refractivity contribution in [3.8, 4) is 45.0 Å². The number of hydrogen-bond donors (Lipinski definition) is 0. The average Bonchev–Trinajstić information content (AvgIpc) is 1.70. The molecule has 0 atom stereocenters. The molecule has 0 radical (unpaired) electrons. The summed E-state index contributed by atoms with van der Waals surface area (Å²) in [5.74, 6) is 0. The number of pyridine rings is 8. The summed E-state index contributed by atoms with van der Waals surface area (Å²) in [6.45, 7) is 17.2. The Kier molecular flexibility index (Phi) is 14.2. The molecule has 0 spiro atoms. The second-order valence-corrected chi connectivity index (χ2v) is 24.2.